The van der Waals surface area contributed by atoms with E-state index in [0.29, 0.717) is 0 Å². The topological polar surface area (TPSA) is 39.1 Å². The number of imidazole rings is 1. The standard InChI is InChI=1S/C14H25N3O/c1-4-15-12(13-16-10-11-17(13)3)14(18-5-2)8-6-7-9-14/h10-12,15H,4-9H2,1-3H3. The van der Waals surface area contributed by atoms with Crippen molar-refractivity contribution < 1.29 is 4.74 Å². The van der Waals surface area contributed by atoms with Gasteiger partial charge in [0.25, 0.3) is 0 Å². The van der Waals surface area contributed by atoms with Crippen molar-refractivity contribution >= 4 is 0 Å². The van der Waals surface area contributed by atoms with Crippen LogP contribution in [-0.4, -0.2) is 28.3 Å². The first-order chi connectivity index (χ1) is 8.73. The summed E-state index contributed by atoms with van der Waals surface area (Å²) < 4.78 is 8.27. The van der Waals surface area contributed by atoms with E-state index in [9.17, 15) is 0 Å². The molecule has 1 unspecified atom stereocenters. The minimum absolute atomic E-state index is 0.0656. The third kappa shape index (κ3) is 2.45. The molecule has 18 heavy (non-hydrogen) atoms. The quantitative estimate of drug-likeness (QED) is 0.844. The highest BCUT2D eigenvalue weighted by Gasteiger charge is 2.44. The Bertz CT molecular complexity index is 369. The van der Waals surface area contributed by atoms with Gasteiger partial charge in [-0.1, -0.05) is 19.8 Å². The summed E-state index contributed by atoms with van der Waals surface area (Å²) >= 11 is 0. The Kier molecular flexibility index (Phi) is 4.40. The Balaban J connectivity index is 2.30. The summed E-state index contributed by atoms with van der Waals surface area (Å²) in [5.74, 6) is 1.09. The zero-order chi connectivity index (χ0) is 13.0. The summed E-state index contributed by atoms with van der Waals surface area (Å²) in [6.45, 7) is 5.94. The average molecular weight is 251 g/mol. The lowest BCUT2D eigenvalue weighted by atomic mass is 9.91. The number of hydrogen-bond acceptors (Lipinski definition) is 3. The van der Waals surface area contributed by atoms with E-state index in [1.165, 1.54) is 12.8 Å². The fourth-order valence-electron chi connectivity index (χ4n) is 3.15. The van der Waals surface area contributed by atoms with Crippen molar-refractivity contribution in [1.29, 1.82) is 0 Å². The van der Waals surface area contributed by atoms with Crippen molar-refractivity contribution in [3.05, 3.63) is 18.2 Å². The lowest BCUT2D eigenvalue weighted by molar-refractivity contribution is -0.0648. The molecule has 0 radical (unpaired) electrons. The van der Waals surface area contributed by atoms with Crippen LogP contribution < -0.4 is 5.32 Å². The van der Waals surface area contributed by atoms with Crippen LogP contribution in [0.25, 0.3) is 0 Å². The number of aromatic nitrogens is 2. The van der Waals surface area contributed by atoms with Crippen molar-refractivity contribution in [2.75, 3.05) is 13.2 Å². The maximum Gasteiger partial charge on any atom is 0.128 e. The molecule has 0 bridgehead atoms. The first-order valence-corrected chi connectivity index (χ1v) is 7.08. The van der Waals surface area contributed by atoms with Crippen LogP contribution in [0.15, 0.2) is 12.4 Å². The molecule has 0 aliphatic heterocycles. The SMILES string of the molecule is CCNC(c1nccn1C)C1(OCC)CCCC1. The Labute approximate surface area is 110 Å². The molecule has 0 saturated heterocycles. The van der Waals surface area contributed by atoms with Gasteiger partial charge in [-0.2, -0.15) is 0 Å². The maximum atomic E-state index is 6.17. The summed E-state index contributed by atoms with van der Waals surface area (Å²) in [4.78, 5) is 4.53. The first kappa shape index (κ1) is 13.6. The highest BCUT2D eigenvalue weighted by molar-refractivity contribution is 5.09. The second-order valence-corrected chi connectivity index (χ2v) is 5.09. The molecule has 1 N–H and O–H groups in total. The van der Waals surface area contributed by atoms with Gasteiger partial charge in [-0.15, -0.1) is 0 Å². The van der Waals surface area contributed by atoms with Crippen molar-refractivity contribution in [3.8, 4) is 0 Å². The van der Waals surface area contributed by atoms with E-state index in [2.05, 4.69) is 35.8 Å². The van der Waals surface area contributed by atoms with Crippen LogP contribution in [0.3, 0.4) is 0 Å². The number of nitrogens with zero attached hydrogens (tertiary/aromatic N) is 2. The van der Waals surface area contributed by atoms with E-state index >= 15 is 0 Å². The predicted molar refractivity (Wildman–Crippen MR) is 72.5 cm³/mol. The molecule has 102 valence electrons. The molecule has 0 aromatic carbocycles. The Hall–Kier alpha value is -0.870. The summed E-state index contributed by atoms with van der Waals surface area (Å²) in [5.41, 5.74) is -0.0656. The normalized spacial score (nSPS) is 20.2. The zero-order valence-electron chi connectivity index (χ0n) is 11.8. The van der Waals surface area contributed by atoms with Gasteiger partial charge in [0.15, 0.2) is 0 Å². The summed E-state index contributed by atoms with van der Waals surface area (Å²) in [5, 5.41) is 3.59. The van der Waals surface area contributed by atoms with Crippen LogP contribution in [0.1, 0.15) is 51.4 Å². The van der Waals surface area contributed by atoms with Gasteiger partial charge in [-0.05, 0) is 26.3 Å². The Morgan fingerprint density at radius 2 is 2.17 bits per heavy atom. The monoisotopic (exact) mass is 251 g/mol. The minimum atomic E-state index is -0.0656. The summed E-state index contributed by atoms with van der Waals surface area (Å²) in [6, 6.07) is 0.199. The fourth-order valence-corrected chi connectivity index (χ4v) is 3.15. The van der Waals surface area contributed by atoms with E-state index in [1.54, 1.807) is 0 Å². The van der Waals surface area contributed by atoms with Crippen LogP contribution >= 0.6 is 0 Å². The van der Waals surface area contributed by atoms with Crippen molar-refractivity contribution in [2.24, 2.45) is 7.05 Å². The van der Waals surface area contributed by atoms with Gasteiger partial charge in [0.05, 0.1) is 11.6 Å². The van der Waals surface area contributed by atoms with E-state index in [-0.39, 0.29) is 11.6 Å². The van der Waals surface area contributed by atoms with Gasteiger partial charge in [-0.25, -0.2) is 4.98 Å². The molecular weight excluding hydrogens is 226 g/mol. The van der Waals surface area contributed by atoms with Gasteiger partial charge < -0.3 is 14.6 Å². The molecule has 1 saturated carbocycles. The van der Waals surface area contributed by atoms with Gasteiger partial charge in [0.1, 0.15) is 5.82 Å². The number of aryl methyl sites for hydroxylation is 1. The molecule has 4 heteroatoms. The Morgan fingerprint density at radius 3 is 2.67 bits per heavy atom. The highest BCUT2D eigenvalue weighted by atomic mass is 16.5. The number of likely N-dealkylation sites (N-methyl/N-ethyl adjacent to an activating group) is 1. The molecule has 1 aromatic heterocycles. The largest absolute Gasteiger partial charge is 0.373 e. The minimum Gasteiger partial charge on any atom is -0.373 e. The number of rotatable bonds is 6. The van der Waals surface area contributed by atoms with Gasteiger partial charge >= 0.3 is 0 Å². The lowest BCUT2D eigenvalue weighted by Gasteiger charge is -2.37. The van der Waals surface area contributed by atoms with Crippen molar-refractivity contribution in [2.45, 2.75) is 51.2 Å². The summed E-state index contributed by atoms with van der Waals surface area (Å²) in [7, 11) is 2.06. The molecule has 1 aliphatic rings. The third-order valence-corrected chi connectivity index (χ3v) is 3.93. The molecule has 4 nitrogen and oxygen atoms in total. The maximum absolute atomic E-state index is 6.17. The molecule has 0 amide bonds. The van der Waals surface area contributed by atoms with E-state index in [4.69, 9.17) is 4.74 Å². The van der Waals surface area contributed by atoms with Crippen LogP contribution in [0.4, 0.5) is 0 Å². The highest BCUT2D eigenvalue weighted by Crippen LogP contribution is 2.42. The number of hydrogen-bond donors (Lipinski definition) is 1. The average Bonchev–Trinajstić information content (AvgIpc) is 2.97. The zero-order valence-corrected chi connectivity index (χ0v) is 11.8. The van der Waals surface area contributed by atoms with Crippen molar-refractivity contribution in [1.82, 2.24) is 14.9 Å². The van der Waals surface area contributed by atoms with Gasteiger partial charge in [-0.3, -0.25) is 0 Å². The first-order valence-electron chi connectivity index (χ1n) is 7.08. The number of ether oxygens (including phenoxy) is 1. The van der Waals surface area contributed by atoms with E-state index < -0.39 is 0 Å². The van der Waals surface area contributed by atoms with Crippen LogP contribution in [-0.2, 0) is 11.8 Å². The van der Waals surface area contributed by atoms with E-state index in [1.807, 2.05) is 12.4 Å². The molecule has 1 fully saturated rings. The third-order valence-electron chi connectivity index (χ3n) is 3.93. The van der Waals surface area contributed by atoms with Gasteiger partial charge in [0, 0.05) is 26.0 Å². The molecule has 0 spiro atoms. The Morgan fingerprint density at radius 1 is 1.44 bits per heavy atom. The van der Waals surface area contributed by atoms with Crippen molar-refractivity contribution in [3.63, 3.8) is 0 Å². The van der Waals surface area contributed by atoms with Crippen LogP contribution in [0.2, 0.25) is 0 Å². The number of nitrogens with one attached hydrogen (secondary N) is 1. The molecule has 1 aliphatic carbocycles. The van der Waals surface area contributed by atoms with Crippen LogP contribution in [0.5, 0.6) is 0 Å². The molecular formula is C14H25N3O. The fraction of sp³-hybridized carbons (Fsp3) is 0.786. The molecule has 1 heterocycles. The lowest BCUT2D eigenvalue weighted by Crippen LogP contribution is -2.45. The van der Waals surface area contributed by atoms with E-state index in [0.717, 1.165) is 31.8 Å². The second kappa shape index (κ2) is 5.85. The smallest absolute Gasteiger partial charge is 0.128 e. The summed E-state index contributed by atoms with van der Waals surface area (Å²) in [6.07, 6.45) is 8.65. The second-order valence-electron chi connectivity index (χ2n) is 5.09. The molecule has 2 rings (SSSR count). The predicted octanol–water partition coefficient (Wildman–Crippen LogP) is 2.42. The molecule has 1 atom stereocenters. The molecule has 1 aromatic rings. The van der Waals surface area contributed by atoms with Gasteiger partial charge in [0.2, 0.25) is 0 Å². The van der Waals surface area contributed by atoms with Crippen LogP contribution in [0, 0.1) is 0 Å².